The predicted molar refractivity (Wildman–Crippen MR) is 66.7 cm³/mol. The van der Waals surface area contributed by atoms with Crippen LogP contribution in [0.1, 0.15) is 27.2 Å². The average molecular weight is 255 g/mol. The number of nitrogens with zero attached hydrogens (tertiary/aromatic N) is 1. The minimum atomic E-state index is -1.10. The lowest BCUT2D eigenvalue weighted by Gasteiger charge is -2.39. The number of hydrogen-bond donors (Lipinski definition) is 0. The Hall–Kier alpha value is -0.940. The second-order valence-corrected chi connectivity index (χ2v) is 5.79. The Balaban J connectivity index is 1.98. The summed E-state index contributed by atoms with van der Waals surface area (Å²) >= 11 is 0. The monoisotopic (exact) mass is 255 g/mol. The normalized spacial score (nSPS) is 44.8. The van der Waals surface area contributed by atoms with Crippen LogP contribution in [0.4, 0.5) is 0 Å². The number of rotatable bonds is 2. The van der Waals surface area contributed by atoms with Gasteiger partial charge in [-0.1, -0.05) is 26.0 Å². The molecule has 5 heteroatoms. The second-order valence-electron chi connectivity index (χ2n) is 5.79. The molecule has 5 nitrogen and oxygen atoms in total. The Morgan fingerprint density at radius 1 is 1.33 bits per heavy atom. The fraction of sp³-hybridized carbons (Fsp3) is 0.846. The predicted octanol–water partition coefficient (Wildman–Crippen LogP) is 2.24. The summed E-state index contributed by atoms with van der Waals surface area (Å²) in [6.07, 6.45) is 4.99. The van der Waals surface area contributed by atoms with E-state index >= 15 is 0 Å². The molecule has 1 aliphatic carbocycles. The molecule has 0 aromatic heterocycles. The van der Waals surface area contributed by atoms with E-state index in [0.29, 0.717) is 17.8 Å². The Morgan fingerprint density at radius 3 is 2.50 bits per heavy atom. The third kappa shape index (κ3) is 2.42. The molecule has 0 aromatic rings. The Morgan fingerprint density at radius 2 is 1.94 bits per heavy atom. The lowest BCUT2D eigenvalue weighted by Crippen LogP contribution is -2.53. The van der Waals surface area contributed by atoms with Gasteiger partial charge in [0, 0.05) is 17.8 Å². The van der Waals surface area contributed by atoms with Crippen molar-refractivity contribution in [3.63, 3.8) is 0 Å². The highest BCUT2D eigenvalue weighted by atomic mass is 16.7. The molecule has 0 amide bonds. The summed E-state index contributed by atoms with van der Waals surface area (Å²) in [5.41, 5.74) is -1.10. The van der Waals surface area contributed by atoms with Gasteiger partial charge in [0.25, 0.3) is 5.54 Å². The maximum absolute atomic E-state index is 10.9. The van der Waals surface area contributed by atoms with E-state index in [1.165, 1.54) is 0 Å². The molecular weight excluding hydrogens is 234 g/mol. The van der Waals surface area contributed by atoms with Gasteiger partial charge in [-0.25, -0.2) is 0 Å². The fourth-order valence-electron chi connectivity index (χ4n) is 2.55. The van der Waals surface area contributed by atoms with Gasteiger partial charge in [-0.3, -0.25) is 10.1 Å². The van der Waals surface area contributed by atoms with Gasteiger partial charge in [0.2, 0.25) is 0 Å². The molecule has 1 aliphatic heterocycles. The third-order valence-corrected chi connectivity index (χ3v) is 4.26. The van der Waals surface area contributed by atoms with Gasteiger partial charge < -0.3 is 9.47 Å². The Kier molecular flexibility index (Phi) is 3.73. The fourth-order valence-corrected chi connectivity index (χ4v) is 2.55. The van der Waals surface area contributed by atoms with Crippen LogP contribution in [0.5, 0.6) is 0 Å². The van der Waals surface area contributed by atoms with E-state index in [1.807, 2.05) is 0 Å². The van der Waals surface area contributed by atoms with Crippen LogP contribution in [-0.4, -0.2) is 30.0 Å². The van der Waals surface area contributed by atoms with E-state index in [1.54, 1.807) is 6.92 Å². The average Bonchev–Trinajstić information content (AvgIpc) is 2.34. The summed E-state index contributed by atoms with van der Waals surface area (Å²) in [5, 5.41) is 10.9. The molecule has 2 aliphatic rings. The molecule has 3 unspecified atom stereocenters. The van der Waals surface area contributed by atoms with Gasteiger partial charge in [0.1, 0.15) is 13.2 Å². The smallest absolute Gasteiger partial charge is 0.265 e. The minimum absolute atomic E-state index is 0.131. The highest BCUT2D eigenvalue weighted by Crippen LogP contribution is 2.35. The van der Waals surface area contributed by atoms with Crippen molar-refractivity contribution >= 4 is 0 Å². The largest absolute Gasteiger partial charge is 0.345 e. The van der Waals surface area contributed by atoms with Crippen molar-refractivity contribution in [1.82, 2.24) is 0 Å². The zero-order valence-electron chi connectivity index (χ0n) is 11.2. The number of ether oxygens (including phenoxy) is 2. The molecule has 1 heterocycles. The summed E-state index contributed by atoms with van der Waals surface area (Å²) in [6.45, 7) is 6.19. The zero-order valence-corrected chi connectivity index (χ0v) is 11.2. The SMILES string of the molecule is CC1C=CCC(C2OCC(C)([N+](=O)[O-])CO2)C1C. The van der Waals surface area contributed by atoms with Crippen molar-refractivity contribution in [1.29, 1.82) is 0 Å². The van der Waals surface area contributed by atoms with Crippen molar-refractivity contribution < 1.29 is 14.4 Å². The van der Waals surface area contributed by atoms with E-state index in [4.69, 9.17) is 9.47 Å². The van der Waals surface area contributed by atoms with E-state index in [0.717, 1.165) is 6.42 Å². The molecule has 0 radical (unpaired) electrons. The Labute approximate surface area is 107 Å². The van der Waals surface area contributed by atoms with E-state index in [-0.39, 0.29) is 24.4 Å². The number of hydrogen-bond acceptors (Lipinski definition) is 4. The molecule has 0 N–H and O–H groups in total. The van der Waals surface area contributed by atoms with Crippen LogP contribution in [0.15, 0.2) is 12.2 Å². The van der Waals surface area contributed by atoms with Gasteiger partial charge in [-0.05, 0) is 18.3 Å². The van der Waals surface area contributed by atoms with Crippen LogP contribution in [0.25, 0.3) is 0 Å². The molecule has 0 aromatic carbocycles. The first-order chi connectivity index (χ1) is 8.44. The summed E-state index contributed by atoms with van der Waals surface area (Å²) in [7, 11) is 0. The number of allylic oxidation sites excluding steroid dienone is 2. The zero-order chi connectivity index (χ0) is 13.3. The number of nitro groups is 1. The lowest BCUT2D eigenvalue weighted by atomic mass is 9.77. The molecule has 0 saturated carbocycles. The molecule has 18 heavy (non-hydrogen) atoms. The maximum atomic E-state index is 10.9. The Bertz CT molecular complexity index is 347. The second kappa shape index (κ2) is 4.97. The molecular formula is C13H21NO4. The van der Waals surface area contributed by atoms with Gasteiger partial charge in [0.05, 0.1) is 0 Å². The molecule has 102 valence electrons. The van der Waals surface area contributed by atoms with Crippen molar-refractivity contribution in [2.75, 3.05) is 13.2 Å². The van der Waals surface area contributed by atoms with Crippen LogP contribution >= 0.6 is 0 Å². The molecule has 0 spiro atoms. The van der Waals surface area contributed by atoms with Crippen LogP contribution in [0.2, 0.25) is 0 Å². The van der Waals surface area contributed by atoms with Gasteiger partial charge in [0.15, 0.2) is 6.29 Å². The van der Waals surface area contributed by atoms with E-state index < -0.39 is 5.54 Å². The van der Waals surface area contributed by atoms with E-state index in [9.17, 15) is 10.1 Å². The first kappa shape index (κ1) is 13.5. The summed E-state index contributed by atoms with van der Waals surface area (Å²) in [5.74, 6) is 1.26. The molecule has 2 rings (SSSR count). The van der Waals surface area contributed by atoms with Crippen molar-refractivity contribution in [3.8, 4) is 0 Å². The molecule has 1 saturated heterocycles. The lowest BCUT2D eigenvalue weighted by molar-refractivity contribution is -0.587. The van der Waals surface area contributed by atoms with E-state index in [2.05, 4.69) is 26.0 Å². The van der Waals surface area contributed by atoms with Crippen molar-refractivity contribution in [2.24, 2.45) is 17.8 Å². The summed E-state index contributed by atoms with van der Waals surface area (Å²) < 4.78 is 11.2. The van der Waals surface area contributed by atoms with Gasteiger partial charge in [-0.15, -0.1) is 0 Å². The van der Waals surface area contributed by atoms with Crippen LogP contribution < -0.4 is 0 Å². The van der Waals surface area contributed by atoms with Gasteiger partial charge >= 0.3 is 0 Å². The molecule has 0 bridgehead atoms. The third-order valence-electron chi connectivity index (χ3n) is 4.26. The van der Waals surface area contributed by atoms with Crippen LogP contribution in [0, 0.1) is 27.9 Å². The topological polar surface area (TPSA) is 61.6 Å². The first-order valence-electron chi connectivity index (χ1n) is 6.48. The van der Waals surface area contributed by atoms with Crippen LogP contribution in [0.3, 0.4) is 0 Å². The quantitative estimate of drug-likeness (QED) is 0.431. The molecule has 3 atom stereocenters. The van der Waals surface area contributed by atoms with Gasteiger partial charge in [-0.2, -0.15) is 0 Å². The minimum Gasteiger partial charge on any atom is -0.345 e. The highest BCUT2D eigenvalue weighted by molar-refractivity contribution is 4.99. The molecule has 1 fully saturated rings. The van der Waals surface area contributed by atoms with Crippen molar-refractivity contribution in [2.45, 2.75) is 39.0 Å². The maximum Gasteiger partial charge on any atom is 0.265 e. The highest BCUT2D eigenvalue weighted by Gasteiger charge is 2.46. The first-order valence-corrected chi connectivity index (χ1v) is 6.48. The van der Waals surface area contributed by atoms with Crippen molar-refractivity contribution in [3.05, 3.63) is 22.3 Å². The summed E-state index contributed by atoms with van der Waals surface area (Å²) in [6, 6.07) is 0. The standard InChI is InChI=1S/C13H21NO4/c1-9-5-4-6-11(10(9)2)12-17-7-13(3,8-18-12)14(15)16/h4-5,9-12H,6-8H2,1-3H3. The van der Waals surface area contributed by atoms with Crippen LogP contribution in [-0.2, 0) is 9.47 Å². The summed E-state index contributed by atoms with van der Waals surface area (Å²) in [4.78, 5) is 10.6.